The number of amides is 5. The number of carbonyl (C=O) groups excluding carboxylic acids is 3. The fourth-order valence-corrected chi connectivity index (χ4v) is 1.44. The lowest BCUT2D eigenvalue weighted by Gasteiger charge is -2.41. The van der Waals surface area contributed by atoms with Crippen LogP contribution in [0.3, 0.4) is 0 Å². The minimum absolute atomic E-state index is 0.543. The third kappa shape index (κ3) is 0.954. The van der Waals surface area contributed by atoms with Crippen LogP contribution in [0.5, 0.6) is 0 Å². The maximum atomic E-state index is 11.5. The summed E-state index contributed by atoms with van der Waals surface area (Å²) in [4.78, 5) is 34.1. The molecule has 2 aliphatic heterocycles. The van der Waals surface area contributed by atoms with Crippen LogP contribution >= 0.6 is 0 Å². The zero-order chi connectivity index (χ0) is 11.4. The second kappa shape index (κ2) is 2.38. The number of nitrogens with one attached hydrogen (secondary N) is 3. The van der Waals surface area contributed by atoms with Gasteiger partial charge in [0, 0.05) is 7.05 Å². The van der Waals surface area contributed by atoms with Crippen LogP contribution < -0.4 is 16.0 Å². The number of likely N-dealkylation sites (N-methyl/N-ethyl adjacent to an activating group) is 1. The number of hydrogen-bond acceptors (Lipinski definition) is 5. The molecule has 2 atom stereocenters. The fourth-order valence-electron chi connectivity index (χ4n) is 1.44. The van der Waals surface area contributed by atoms with Crippen molar-refractivity contribution in [3.05, 3.63) is 0 Å². The van der Waals surface area contributed by atoms with Crippen LogP contribution in [0.2, 0.25) is 0 Å². The molecule has 0 aliphatic carbocycles. The number of nitrogens with zero attached hydrogens (tertiary/aromatic N) is 1. The van der Waals surface area contributed by atoms with Crippen molar-refractivity contribution in [3.8, 4) is 0 Å². The Kier molecular flexibility index (Phi) is 1.53. The topological polar surface area (TPSA) is 131 Å². The van der Waals surface area contributed by atoms with Gasteiger partial charge in [-0.25, -0.2) is 9.59 Å². The average Bonchev–Trinajstić information content (AvgIpc) is 2.34. The zero-order valence-corrected chi connectivity index (χ0v) is 7.57. The Labute approximate surface area is 83.0 Å². The van der Waals surface area contributed by atoms with E-state index in [0.717, 1.165) is 7.05 Å². The first-order chi connectivity index (χ1) is 6.80. The normalized spacial score (nSPS) is 39.4. The van der Waals surface area contributed by atoms with Crippen molar-refractivity contribution in [1.29, 1.82) is 0 Å². The molecule has 9 nitrogen and oxygen atoms in total. The Morgan fingerprint density at radius 3 is 2.33 bits per heavy atom. The highest BCUT2D eigenvalue weighted by Crippen LogP contribution is 2.25. The van der Waals surface area contributed by atoms with E-state index in [1.807, 2.05) is 16.0 Å². The maximum Gasteiger partial charge on any atom is 0.327 e. The Hall–Kier alpha value is -1.87. The summed E-state index contributed by atoms with van der Waals surface area (Å²) in [5.41, 5.74) is -2.59. The molecule has 2 aliphatic rings. The Morgan fingerprint density at radius 1 is 1.13 bits per heavy atom. The Bertz CT molecular complexity index is 384. The van der Waals surface area contributed by atoms with E-state index >= 15 is 0 Å². The van der Waals surface area contributed by atoms with E-state index in [2.05, 4.69) is 0 Å². The number of carbonyl (C=O) groups is 3. The molecule has 15 heavy (non-hydrogen) atoms. The minimum atomic E-state index is -2.59. The molecule has 0 radical (unpaired) electrons. The fraction of sp³-hybridized carbons (Fsp3) is 0.500. The van der Waals surface area contributed by atoms with Crippen molar-refractivity contribution in [2.45, 2.75) is 11.6 Å². The lowest BCUT2D eigenvalue weighted by atomic mass is 10.1. The molecule has 9 heteroatoms. The monoisotopic (exact) mass is 216 g/mol. The molecule has 0 aromatic heterocycles. The van der Waals surface area contributed by atoms with Crippen molar-refractivity contribution in [1.82, 2.24) is 20.9 Å². The van der Waals surface area contributed by atoms with Gasteiger partial charge in [-0.2, -0.15) is 0 Å². The van der Waals surface area contributed by atoms with E-state index < -0.39 is 29.5 Å². The van der Waals surface area contributed by atoms with Crippen molar-refractivity contribution < 1.29 is 24.6 Å². The highest BCUT2D eigenvalue weighted by Gasteiger charge is 2.68. The van der Waals surface area contributed by atoms with Crippen LogP contribution in [0.25, 0.3) is 0 Å². The SMILES string of the molecule is CN1C(=O)NC2(O)NC(=O)NC2(O)C1=O. The first kappa shape index (κ1) is 9.68. The van der Waals surface area contributed by atoms with Crippen molar-refractivity contribution >= 4 is 18.0 Å². The molecular formula is C6H8N4O5. The summed E-state index contributed by atoms with van der Waals surface area (Å²) in [6.45, 7) is 0. The smallest absolute Gasteiger partial charge is 0.327 e. The summed E-state index contributed by atoms with van der Waals surface area (Å²) in [5.74, 6) is -3.66. The second-order valence-corrected chi connectivity index (χ2v) is 3.29. The van der Waals surface area contributed by atoms with E-state index in [1.54, 1.807) is 0 Å². The lowest BCUT2D eigenvalue weighted by molar-refractivity contribution is -0.197. The van der Waals surface area contributed by atoms with Crippen molar-refractivity contribution in [3.63, 3.8) is 0 Å². The van der Waals surface area contributed by atoms with Crippen LogP contribution in [0.15, 0.2) is 0 Å². The highest BCUT2D eigenvalue weighted by atomic mass is 16.4. The molecular weight excluding hydrogens is 208 g/mol. The molecule has 0 bridgehead atoms. The van der Waals surface area contributed by atoms with E-state index in [0.29, 0.717) is 4.90 Å². The van der Waals surface area contributed by atoms with Gasteiger partial charge in [0.05, 0.1) is 0 Å². The van der Waals surface area contributed by atoms with Crippen LogP contribution in [0.4, 0.5) is 9.59 Å². The van der Waals surface area contributed by atoms with Crippen LogP contribution in [-0.4, -0.2) is 51.7 Å². The van der Waals surface area contributed by atoms with E-state index in [1.165, 1.54) is 0 Å². The van der Waals surface area contributed by atoms with E-state index in [9.17, 15) is 24.6 Å². The molecule has 0 aromatic rings. The lowest BCUT2D eigenvalue weighted by Crippen LogP contribution is -2.80. The molecule has 2 rings (SSSR count). The van der Waals surface area contributed by atoms with Gasteiger partial charge in [-0.15, -0.1) is 0 Å². The van der Waals surface area contributed by atoms with Crippen LogP contribution in [-0.2, 0) is 4.79 Å². The van der Waals surface area contributed by atoms with Crippen LogP contribution in [0.1, 0.15) is 0 Å². The van der Waals surface area contributed by atoms with E-state index in [-0.39, 0.29) is 0 Å². The molecule has 5 N–H and O–H groups in total. The third-order valence-electron chi connectivity index (χ3n) is 2.32. The largest absolute Gasteiger partial charge is 0.358 e. The number of rotatable bonds is 0. The van der Waals surface area contributed by atoms with Gasteiger partial charge in [0.2, 0.25) is 0 Å². The number of fused-ring (bicyclic) bond motifs is 1. The van der Waals surface area contributed by atoms with Crippen molar-refractivity contribution in [2.75, 3.05) is 7.05 Å². The standard InChI is InChI=1S/C6H8N4O5/c1-10-2(11)5(14)6(15,9-4(10)13)8-3(12)7-5/h14-15H,1H3,(H,9,13)(H2,7,8,12). The first-order valence-electron chi connectivity index (χ1n) is 3.95. The van der Waals surface area contributed by atoms with Gasteiger partial charge in [-0.1, -0.05) is 0 Å². The first-order valence-corrected chi connectivity index (χ1v) is 3.95. The van der Waals surface area contributed by atoms with Gasteiger partial charge in [0.1, 0.15) is 0 Å². The number of aliphatic hydroxyl groups is 2. The third-order valence-corrected chi connectivity index (χ3v) is 2.32. The molecule has 0 saturated carbocycles. The number of hydrogen-bond donors (Lipinski definition) is 5. The van der Waals surface area contributed by atoms with Gasteiger partial charge in [0.15, 0.2) is 0 Å². The Morgan fingerprint density at radius 2 is 1.73 bits per heavy atom. The number of urea groups is 2. The summed E-state index contributed by atoms with van der Waals surface area (Å²) in [6, 6.07) is -1.90. The predicted octanol–water partition coefficient (Wildman–Crippen LogP) is -3.18. The molecule has 0 spiro atoms. The molecule has 2 saturated heterocycles. The maximum absolute atomic E-state index is 11.5. The van der Waals surface area contributed by atoms with Gasteiger partial charge >= 0.3 is 12.1 Å². The molecule has 2 heterocycles. The molecule has 0 aromatic carbocycles. The molecule has 82 valence electrons. The summed E-state index contributed by atoms with van der Waals surface area (Å²) >= 11 is 0. The molecule has 2 fully saturated rings. The minimum Gasteiger partial charge on any atom is -0.358 e. The summed E-state index contributed by atoms with van der Waals surface area (Å²) < 4.78 is 0. The molecule has 2 unspecified atom stereocenters. The van der Waals surface area contributed by atoms with Gasteiger partial charge in [0.25, 0.3) is 17.5 Å². The highest BCUT2D eigenvalue weighted by molar-refractivity contribution is 6.05. The average molecular weight is 216 g/mol. The summed E-state index contributed by atoms with van der Waals surface area (Å²) in [6.07, 6.45) is 0. The summed E-state index contributed by atoms with van der Waals surface area (Å²) in [7, 11) is 1.10. The van der Waals surface area contributed by atoms with Crippen molar-refractivity contribution in [2.24, 2.45) is 0 Å². The quantitative estimate of drug-likeness (QED) is 0.291. The Balaban J connectivity index is 2.49. The second-order valence-electron chi connectivity index (χ2n) is 3.29. The van der Waals surface area contributed by atoms with Gasteiger partial charge < -0.3 is 10.2 Å². The summed E-state index contributed by atoms with van der Waals surface area (Å²) in [5, 5.41) is 25.0. The van der Waals surface area contributed by atoms with E-state index in [4.69, 9.17) is 0 Å². The van der Waals surface area contributed by atoms with Crippen LogP contribution in [0, 0.1) is 0 Å². The predicted molar refractivity (Wildman–Crippen MR) is 42.9 cm³/mol. The molecule has 5 amide bonds. The van der Waals surface area contributed by atoms with Gasteiger partial charge in [-0.05, 0) is 0 Å². The zero-order valence-electron chi connectivity index (χ0n) is 7.57. The number of imide groups is 1. The van der Waals surface area contributed by atoms with Gasteiger partial charge in [-0.3, -0.25) is 25.6 Å².